The highest BCUT2D eigenvalue weighted by atomic mass is 79.9. The molecule has 1 aromatic carbocycles. The number of amides is 1. The molecule has 0 bridgehead atoms. The molecule has 1 aliphatic heterocycles. The smallest absolute Gasteiger partial charge is 0.253 e. The molecule has 1 saturated heterocycles. The zero-order valence-electron chi connectivity index (χ0n) is 11.3. The Morgan fingerprint density at radius 1 is 1.47 bits per heavy atom. The number of hydrogen-bond donors (Lipinski definition) is 1. The van der Waals surface area contributed by atoms with Gasteiger partial charge in [0.15, 0.2) is 5.60 Å². The van der Waals surface area contributed by atoms with Crippen molar-refractivity contribution in [1.82, 2.24) is 10.2 Å². The number of carbonyl (C=O) groups excluding carboxylic acids is 1. The summed E-state index contributed by atoms with van der Waals surface area (Å²) < 4.78 is 6.72. The van der Waals surface area contributed by atoms with Gasteiger partial charge in [0.1, 0.15) is 0 Å². The fraction of sp³-hybridized carbons (Fsp3) is 0.500. The van der Waals surface area contributed by atoms with Gasteiger partial charge in [0.25, 0.3) is 5.91 Å². The lowest BCUT2D eigenvalue weighted by atomic mass is 10.0. The van der Waals surface area contributed by atoms with Gasteiger partial charge in [-0.05, 0) is 24.6 Å². The molecule has 1 aliphatic rings. The molecule has 4 nitrogen and oxygen atoms in total. The molecule has 1 unspecified atom stereocenters. The van der Waals surface area contributed by atoms with Crippen molar-refractivity contribution in [1.29, 1.82) is 0 Å². The predicted octanol–water partition coefficient (Wildman–Crippen LogP) is 1.79. The van der Waals surface area contributed by atoms with E-state index in [9.17, 15) is 4.79 Å². The number of likely N-dealkylation sites (N-methyl/N-ethyl adjacent to an activating group) is 1. The lowest BCUT2D eigenvalue weighted by Crippen LogP contribution is -2.57. The van der Waals surface area contributed by atoms with E-state index in [1.807, 2.05) is 19.1 Å². The number of carbonyl (C=O) groups is 1. The molecule has 104 valence electrons. The van der Waals surface area contributed by atoms with E-state index in [0.29, 0.717) is 13.2 Å². The maximum Gasteiger partial charge on any atom is 0.253 e. The van der Waals surface area contributed by atoms with Crippen LogP contribution in [0.4, 0.5) is 0 Å². The number of nitrogens with one attached hydrogen (secondary N) is 1. The van der Waals surface area contributed by atoms with E-state index < -0.39 is 5.60 Å². The number of halogens is 1. The van der Waals surface area contributed by atoms with Crippen LogP contribution in [0.1, 0.15) is 12.5 Å². The summed E-state index contributed by atoms with van der Waals surface area (Å²) in [7, 11) is 1.64. The van der Waals surface area contributed by atoms with E-state index in [2.05, 4.69) is 38.3 Å². The summed E-state index contributed by atoms with van der Waals surface area (Å²) in [6, 6.07) is 8.26. The second kappa shape index (κ2) is 6.03. The molecular formula is C14H19BrN2O2. The Kier molecular flexibility index (Phi) is 4.60. The average molecular weight is 327 g/mol. The predicted molar refractivity (Wildman–Crippen MR) is 77.8 cm³/mol. The van der Waals surface area contributed by atoms with Crippen molar-refractivity contribution >= 4 is 21.8 Å². The highest BCUT2D eigenvalue weighted by Crippen LogP contribution is 2.20. The second-order valence-corrected chi connectivity index (χ2v) is 5.91. The van der Waals surface area contributed by atoms with Crippen LogP contribution >= 0.6 is 15.9 Å². The van der Waals surface area contributed by atoms with Crippen LogP contribution in [0.25, 0.3) is 0 Å². The lowest BCUT2D eigenvalue weighted by Gasteiger charge is -2.39. The van der Waals surface area contributed by atoms with E-state index in [-0.39, 0.29) is 5.91 Å². The average Bonchev–Trinajstić information content (AvgIpc) is 2.40. The van der Waals surface area contributed by atoms with Crippen molar-refractivity contribution in [2.24, 2.45) is 0 Å². The molecule has 1 aromatic rings. The van der Waals surface area contributed by atoms with Crippen LogP contribution in [0.3, 0.4) is 0 Å². The third-order valence-corrected chi connectivity index (χ3v) is 3.91. The molecule has 5 heteroatoms. The largest absolute Gasteiger partial charge is 0.363 e. The molecule has 1 N–H and O–H groups in total. The summed E-state index contributed by atoms with van der Waals surface area (Å²) in [5.74, 6) is -0.0620. The minimum absolute atomic E-state index is 0.0620. The first-order chi connectivity index (χ1) is 9.03. The molecule has 19 heavy (non-hydrogen) atoms. The molecule has 0 aliphatic carbocycles. The monoisotopic (exact) mass is 326 g/mol. The summed E-state index contributed by atoms with van der Waals surface area (Å²) in [6.07, 6.45) is 0. The molecule has 1 fully saturated rings. The second-order valence-electron chi connectivity index (χ2n) is 5.00. The molecule has 0 saturated carbocycles. The van der Waals surface area contributed by atoms with Gasteiger partial charge in [-0.2, -0.15) is 0 Å². The van der Waals surface area contributed by atoms with Gasteiger partial charge < -0.3 is 10.1 Å². The van der Waals surface area contributed by atoms with E-state index in [0.717, 1.165) is 17.6 Å². The minimum atomic E-state index is -0.748. The maximum atomic E-state index is 11.9. The first-order valence-electron chi connectivity index (χ1n) is 6.36. The van der Waals surface area contributed by atoms with E-state index >= 15 is 0 Å². The van der Waals surface area contributed by atoms with Crippen LogP contribution in [0, 0.1) is 0 Å². The van der Waals surface area contributed by atoms with Crippen LogP contribution in [0.15, 0.2) is 28.7 Å². The fourth-order valence-electron chi connectivity index (χ4n) is 2.34. The quantitative estimate of drug-likeness (QED) is 0.920. The Hall–Kier alpha value is -0.910. The molecule has 0 radical (unpaired) electrons. The van der Waals surface area contributed by atoms with Gasteiger partial charge in [0, 0.05) is 31.2 Å². The Balaban J connectivity index is 2.01. The number of nitrogens with zero attached hydrogens (tertiary/aromatic N) is 1. The molecule has 1 heterocycles. The highest BCUT2D eigenvalue weighted by Gasteiger charge is 2.38. The van der Waals surface area contributed by atoms with Crippen molar-refractivity contribution < 1.29 is 9.53 Å². The molecule has 0 aromatic heterocycles. The van der Waals surface area contributed by atoms with E-state index in [1.165, 1.54) is 5.56 Å². The van der Waals surface area contributed by atoms with Crippen LogP contribution in [-0.4, -0.2) is 43.2 Å². The first kappa shape index (κ1) is 14.5. The standard InChI is InChI=1S/C14H19BrN2O2/c1-14(13(18)16-2)10-17(7-8-19-14)9-11-3-5-12(15)6-4-11/h3-6H,7-10H2,1-2H3,(H,16,18). The number of ether oxygens (including phenoxy) is 1. The summed E-state index contributed by atoms with van der Waals surface area (Å²) in [4.78, 5) is 14.1. The maximum absolute atomic E-state index is 11.9. The molecule has 1 atom stereocenters. The highest BCUT2D eigenvalue weighted by molar-refractivity contribution is 9.10. The topological polar surface area (TPSA) is 41.6 Å². The van der Waals surface area contributed by atoms with Gasteiger partial charge in [-0.1, -0.05) is 28.1 Å². The Labute approximate surface area is 122 Å². The number of benzene rings is 1. The zero-order valence-corrected chi connectivity index (χ0v) is 12.9. The van der Waals surface area contributed by atoms with Gasteiger partial charge in [0.2, 0.25) is 0 Å². The molecule has 0 spiro atoms. The van der Waals surface area contributed by atoms with Gasteiger partial charge >= 0.3 is 0 Å². The van der Waals surface area contributed by atoms with E-state index in [4.69, 9.17) is 4.74 Å². The van der Waals surface area contributed by atoms with Crippen molar-refractivity contribution in [3.8, 4) is 0 Å². The Bertz CT molecular complexity index is 449. The van der Waals surface area contributed by atoms with Crippen LogP contribution in [0.5, 0.6) is 0 Å². The zero-order chi connectivity index (χ0) is 13.9. The van der Waals surface area contributed by atoms with Crippen LogP contribution in [-0.2, 0) is 16.1 Å². The van der Waals surface area contributed by atoms with Crippen molar-refractivity contribution in [3.05, 3.63) is 34.3 Å². The number of morpholine rings is 1. The van der Waals surface area contributed by atoms with Crippen molar-refractivity contribution in [3.63, 3.8) is 0 Å². The van der Waals surface area contributed by atoms with Gasteiger partial charge in [-0.15, -0.1) is 0 Å². The van der Waals surface area contributed by atoms with Gasteiger partial charge in [-0.3, -0.25) is 9.69 Å². The third-order valence-electron chi connectivity index (χ3n) is 3.38. The van der Waals surface area contributed by atoms with E-state index in [1.54, 1.807) is 7.05 Å². The van der Waals surface area contributed by atoms with Crippen LogP contribution in [0.2, 0.25) is 0 Å². The summed E-state index contributed by atoms with van der Waals surface area (Å²) in [6.45, 7) is 4.73. The molecule has 2 rings (SSSR count). The molecule has 1 amide bonds. The van der Waals surface area contributed by atoms with Gasteiger partial charge in [0.05, 0.1) is 6.61 Å². The Morgan fingerprint density at radius 3 is 2.79 bits per heavy atom. The summed E-state index contributed by atoms with van der Waals surface area (Å²) in [5, 5.41) is 2.67. The SMILES string of the molecule is CNC(=O)C1(C)CN(Cc2ccc(Br)cc2)CCO1. The lowest BCUT2D eigenvalue weighted by molar-refractivity contribution is -0.156. The van der Waals surface area contributed by atoms with Crippen molar-refractivity contribution in [2.45, 2.75) is 19.1 Å². The van der Waals surface area contributed by atoms with Crippen molar-refractivity contribution in [2.75, 3.05) is 26.7 Å². The Morgan fingerprint density at radius 2 is 2.16 bits per heavy atom. The van der Waals surface area contributed by atoms with Gasteiger partial charge in [-0.25, -0.2) is 0 Å². The minimum Gasteiger partial charge on any atom is -0.363 e. The normalized spacial score (nSPS) is 24.2. The van der Waals surface area contributed by atoms with Crippen LogP contribution < -0.4 is 5.32 Å². The third kappa shape index (κ3) is 3.55. The summed E-state index contributed by atoms with van der Waals surface area (Å²) >= 11 is 3.43. The number of hydrogen-bond acceptors (Lipinski definition) is 3. The molecular weight excluding hydrogens is 308 g/mol. The first-order valence-corrected chi connectivity index (χ1v) is 7.16. The number of rotatable bonds is 3. The fourth-order valence-corrected chi connectivity index (χ4v) is 2.60. The summed E-state index contributed by atoms with van der Waals surface area (Å²) in [5.41, 5.74) is 0.492.